The molecule has 1 heterocycles. The molecule has 8 aromatic carbocycles. The summed E-state index contributed by atoms with van der Waals surface area (Å²) in [5.41, 5.74) is 18.7. The predicted octanol–water partition coefficient (Wildman–Crippen LogP) is 16.3. The molecule has 25 heteroatoms. The van der Waals surface area contributed by atoms with Crippen molar-refractivity contribution in [1.29, 1.82) is 0 Å². The van der Waals surface area contributed by atoms with Crippen LogP contribution in [0.5, 0.6) is 63.2 Å². The Bertz CT molecular complexity index is 5120. The number of pyridine rings is 1. The van der Waals surface area contributed by atoms with E-state index in [0.717, 1.165) is 111 Å². The highest BCUT2D eigenvalue weighted by atomic mass is 19.1. The normalized spacial score (nSPS) is 13.2. The van der Waals surface area contributed by atoms with E-state index in [1.54, 1.807) is 50.7 Å². The van der Waals surface area contributed by atoms with E-state index < -0.39 is 17.9 Å². The van der Waals surface area contributed by atoms with Crippen LogP contribution in [0.25, 0.3) is 51.7 Å². The van der Waals surface area contributed by atoms with Gasteiger partial charge < -0.3 is 83.4 Å². The first-order chi connectivity index (χ1) is 57.5. The highest BCUT2D eigenvalue weighted by Crippen LogP contribution is 2.50. The van der Waals surface area contributed by atoms with E-state index in [2.05, 4.69) is 20.9 Å². The molecule has 0 unspecified atom stereocenters. The lowest BCUT2D eigenvalue weighted by Gasteiger charge is -2.15. The minimum absolute atomic E-state index is 0.0186. The average molecular weight is 1620 g/mol. The Kier molecular flexibility index (Phi) is 30.8. The number of carboxylic acids is 3. The van der Waals surface area contributed by atoms with Crippen LogP contribution in [0, 0.1) is 5.82 Å². The van der Waals surface area contributed by atoms with Crippen LogP contribution in [0.15, 0.2) is 193 Å². The van der Waals surface area contributed by atoms with Crippen LogP contribution in [-0.2, 0) is 48.4 Å². The zero-order valence-electron chi connectivity index (χ0n) is 68.1. The van der Waals surface area contributed by atoms with E-state index >= 15 is 0 Å². The lowest BCUT2D eigenvalue weighted by Crippen LogP contribution is -2.23. The molecule has 3 aliphatic rings. The number of hydrogen-bond donors (Lipinski definition) is 6. The lowest BCUT2D eigenvalue weighted by atomic mass is 10.00. The summed E-state index contributed by atoms with van der Waals surface area (Å²) in [7, 11) is 12.3. The fourth-order valence-corrected chi connectivity index (χ4v) is 13.8. The number of carbonyl (C=O) groups excluding carboxylic acids is 3. The van der Waals surface area contributed by atoms with Crippen LogP contribution < -0.4 is 68.1 Å². The van der Waals surface area contributed by atoms with Gasteiger partial charge in [-0.15, -0.1) is 0 Å². The molecular weight excluding hydrogens is 1520 g/mol. The maximum absolute atomic E-state index is 14.3. The summed E-state index contributed by atoms with van der Waals surface area (Å²) in [6.45, 7) is 7.06. The number of benzene rings is 8. The van der Waals surface area contributed by atoms with E-state index in [1.807, 2.05) is 166 Å². The van der Waals surface area contributed by atoms with Gasteiger partial charge in [0.25, 0.3) is 0 Å². The SMILES string of the molecule is COc1cc(/C=C2/C(C)=C(CC(=O)NCc3ccccc3)c3cc(F)ccc32)cc(OC)c1OCCC(=O)O.COc1ccc2c(c1)C(CC(=O)NCc1ccccc1)=C(C)/C2=C/c1cc(OC)c(OCCC(=O)O)c(OC)c1.COc1ccc2c(c1)C(CC(=O)NCc1ccccn1)=C(C)/C2=C/c1cc(OC)c(OCCC(=O)O)c(OC)c1. The molecule has 12 rings (SSSR count). The van der Waals surface area contributed by atoms with Crippen LogP contribution >= 0.6 is 0 Å². The predicted molar refractivity (Wildman–Crippen MR) is 452 cm³/mol. The Morgan fingerprint density at radius 1 is 0.361 bits per heavy atom. The zero-order valence-corrected chi connectivity index (χ0v) is 68.1. The topological polar surface area (TPSA) is 314 Å². The maximum Gasteiger partial charge on any atom is 0.306 e. The molecule has 0 aliphatic heterocycles. The summed E-state index contributed by atoms with van der Waals surface area (Å²) >= 11 is 0. The van der Waals surface area contributed by atoms with Gasteiger partial charge in [0, 0.05) is 19.3 Å². The summed E-state index contributed by atoms with van der Waals surface area (Å²) < 4.78 is 75.5. The van der Waals surface area contributed by atoms with E-state index in [0.29, 0.717) is 88.4 Å². The second kappa shape index (κ2) is 42.0. The van der Waals surface area contributed by atoms with E-state index in [4.69, 9.17) is 67.4 Å². The number of carbonyl (C=O) groups is 6. The number of rotatable bonds is 35. The van der Waals surface area contributed by atoms with Gasteiger partial charge in [-0.2, -0.15) is 0 Å². The second-order valence-electron chi connectivity index (χ2n) is 27.4. The third kappa shape index (κ3) is 22.7. The molecule has 0 atom stereocenters. The minimum atomic E-state index is -0.975. The van der Waals surface area contributed by atoms with Gasteiger partial charge in [-0.05, 0) is 235 Å². The number of methoxy groups -OCH3 is 8. The highest BCUT2D eigenvalue weighted by molar-refractivity contribution is 6.11. The standard InChI is InChI=1S/C32H33NO7.C31H30FNO6.C31H32N2O7/c1-20-25(14-22-15-28(38-3)32(29(16-22)39-4)40-13-12-31(35)36)24-11-10-23(37-2)17-27(24)26(20)18-30(34)33-19-21-8-6-5-7-9-21;1-19-24(13-21-14-27(37-2)31(28(15-21)38-3)39-12-11-30(35)36)23-10-9-22(32)16-26(23)25(19)17-29(34)33-18-20-7-5-4-6-8-20;1-19-24(13-20-14-27(38-3)31(28(15-20)39-4)40-12-10-30(35)36)23-9-8-22(37-2)16-26(23)25(19)17-29(34)33-18-21-7-5-6-11-32-21/h5-11,14-17H,12-13,18-19H2,1-4H3,(H,33,34)(H,35,36);4-10,13-16H,11-12,17-18H2,1-3H3,(H,33,34)(H,35,36);5-9,11,13-16H,10,12,17-18H2,1-4H3,(H,33,34)(H,35,36)/b25-14-;2*24-13-. The molecule has 3 aliphatic carbocycles. The third-order valence-electron chi connectivity index (χ3n) is 19.8. The molecule has 24 nitrogen and oxygen atoms in total. The van der Waals surface area contributed by atoms with E-state index in [-0.39, 0.29) is 81.9 Å². The quantitative estimate of drug-likeness (QED) is 0.0215. The molecule has 618 valence electrons. The van der Waals surface area contributed by atoms with Crippen molar-refractivity contribution in [3.8, 4) is 63.2 Å². The molecule has 0 saturated carbocycles. The molecule has 1 aromatic heterocycles. The Balaban J connectivity index is 0.000000188. The Hall–Kier alpha value is -14.1. The minimum Gasteiger partial charge on any atom is -0.497 e. The number of allylic oxidation sites excluding steroid dienone is 6. The molecule has 0 radical (unpaired) electrons. The van der Waals surface area contributed by atoms with Crippen LogP contribution in [-0.4, -0.2) is 133 Å². The third-order valence-corrected chi connectivity index (χ3v) is 19.8. The van der Waals surface area contributed by atoms with Gasteiger partial charge >= 0.3 is 17.9 Å². The van der Waals surface area contributed by atoms with Gasteiger partial charge in [-0.1, -0.05) is 84.9 Å². The van der Waals surface area contributed by atoms with Gasteiger partial charge in [0.2, 0.25) is 35.0 Å². The number of amides is 3. The van der Waals surface area contributed by atoms with Crippen LogP contribution in [0.4, 0.5) is 4.39 Å². The molecule has 3 amide bonds. The molecule has 0 spiro atoms. The van der Waals surface area contributed by atoms with Gasteiger partial charge in [0.15, 0.2) is 34.5 Å². The molecular formula is C94H95FN4O20. The largest absolute Gasteiger partial charge is 0.497 e. The van der Waals surface area contributed by atoms with E-state index in [9.17, 15) is 33.2 Å². The molecule has 0 bridgehead atoms. The first-order valence-corrected chi connectivity index (χ1v) is 38.0. The van der Waals surface area contributed by atoms with Crippen molar-refractivity contribution in [1.82, 2.24) is 20.9 Å². The number of ether oxygens (including phenoxy) is 11. The fourth-order valence-electron chi connectivity index (χ4n) is 13.8. The van der Waals surface area contributed by atoms with E-state index in [1.165, 1.54) is 54.8 Å². The first-order valence-electron chi connectivity index (χ1n) is 38.0. The zero-order chi connectivity index (χ0) is 85.2. The lowest BCUT2D eigenvalue weighted by molar-refractivity contribution is -0.138. The number of fused-ring (bicyclic) bond motifs is 3. The maximum atomic E-state index is 14.3. The summed E-state index contributed by atoms with van der Waals surface area (Å²) in [5, 5.41) is 35.8. The van der Waals surface area contributed by atoms with Crippen LogP contribution in [0.2, 0.25) is 0 Å². The monoisotopic (exact) mass is 1620 g/mol. The van der Waals surface area contributed by atoms with Crippen LogP contribution in [0.3, 0.4) is 0 Å². The summed E-state index contributed by atoms with van der Waals surface area (Å²) in [5.74, 6) is 1.23. The number of halogens is 1. The smallest absolute Gasteiger partial charge is 0.306 e. The number of aliphatic carboxylic acids is 3. The number of nitrogens with zero attached hydrogens (tertiary/aromatic N) is 1. The first kappa shape index (κ1) is 87.3. The molecule has 0 fully saturated rings. The van der Waals surface area contributed by atoms with Crippen molar-refractivity contribution >= 4 is 87.3 Å². The number of hydrogen-bond acceptors (Lipinski definition) is 18. The van der Waals surface area contributed by atoms with Crippen LogP contribution in [0.1, 0.15) is 126 Å². The highest BCUT2D eigenvalue weighted by Gasteiger charge is 2.31. The molecule has 6 N–H and O–H groups in total. The van der Waals surface area contributed by atoms with Gasteiger partial charge in [-0.25, -0.2) is 4.39 Å². The molecule has 0 saturated heterocycles. The fraction of sp³-hybridized carbons (Fsp3) is 0.245. The number of nitrogens with one attached hydrogen (secondary N) is 3. The number of carboxylic acid groups (broad SMARTS) is 3. The number of aromatic nitrogens is 1. The Morgan fingerprint density at radius 2 is 0.672 bits per heavy atom. The van der Waals surface area contributed by atoms with Crippen molar-refractivity contribution < 1.29 is 101 Å². The van der Waals surface area contributed by atoms with Crippen molar-refractivity contribution in [3.05, 3.63) is 265 Å². The summed E-state index contributed by atoms with van der Waals surface area (Å²) in [4.78, 5) is 75.8. The van der Waals surface area contributed by atoms with Crippen molar-refractivity contribution in [2.75, 3.05) is 76.7 Å². The van der Waals surface area contributed by atoms with Crippen molar-refractivity contribution in [3.63, 3.8) is 0 Å². The second-order valence-corrected chi connectivity index (χ2v) is 27.4. The summed E-state index contributed by atoms with van der Waals surface area (Å²) in [6, 6.07) is 52.0. The van der Waals surface area contributed by atoms with Crippen molar-refractivity contribution in [2.24, 2.45) is 0 Å². The van der Waals surface area contributed by atoms with Crippen molar-refractivity contribution in [2.45, 2.75) is 78.9 Å². The molecule has 9 aromatic rings. The van der Waals surface area contributed by atoms with Gasteiger partial charge in [-0.3, -0.25) is 33.8 Å². The summed E-state index contributed by atoms with van der Waals surface area (Å²) in [6.07, 6.45) is 7.69. The Morgan fingerprint density at radius 3 is 0.975 bits per heavy atom. The Labute approximate surface area is 689 Å². The average Bonchev–Trinajstić information content (AvgIpc) is 1.63. The van der Waals surface area contributed by atoms with Gasteiger partial charge in [0.1, 0.15) is 17.3 Å². The van der Waals surface area contributed by atoms with Gasteiger partial charge in [0.05, 0.1) is 127 Å². The molecule has 119 heavy (non-hydrogen) atoms.